The molecule has 15 heavy (non-hydrogen) atoms. The molecule has 1 aliphatic heterocycles. The van der Waals surface area contributed by atoms with Crippen molar-refractivity contribution in [3.05, 3.63) is 11.2 Å². The average molecular weight is 222 g/mol. The highest BCUT2D eigenvalue weighted by molar-refractivity contribution is 7.16. The van der Waals surface area contributed by atoms with Crippen LogP contribution in [-0.4, -0.2) is 36.1 Å². The first-order valence-electron chi connectivity index (χ1n) is 5.24. The summed E-state index contributed by atoms with van der Waals surface area (Å²) in [5.74, 6) is 1.00. The van der Waals surface area contributed by atoms with Gasteiger partial charge in [0, 0.05) is 31.6 Å². The lowest BCUT2D eigenvalue weighted by atomic mass is 10.3. The largest absolute Gasteiger partial charge is 0.359 e. The fraction of sp³-hybridized carbons (Fsp3) is 0.500. The molecule has 2 N–H and O–H groups in total. The Hall–Kier alpha value is -1.07. The second-order valence-corrected chi connectivity index (χ2v) is 4.72. The molecule has 0 atom stereocenters. The predicted octanol–water partition coefficient (Wildman–Crippen LogP) is 1.34. The summed E-state index contributed by atoms with van der Waals surface area (Å²) < 4.78 is 0. The minimum Gasteiger partial charge on any atom is -0.359 e. The van der Waals surface area contributed by atoms with Crippen molar-refractivity contribution in [2.45, 2.75) is 6.92 Å². The van der Waals surface area contributed by atoms with Crippen LogP contribution in [0.5, 0.6) is 0 Å². The maximum absolute atomic E-state index is 4.54. The first kappa shape index (κ1) is 9.18. The molecule has 1 saturated heterocycles. The van der Waals surface area contributed by atoms with Gasteiger partial charge in [0.1, 0.15) is 16.3 Å². The van der Waals surface area contributed by atoms with E-state index < -0.39 is 0 Å². The molecule has 0 unspecified atom stereocenters. The van der Waals surface area contributed by atoms with Crippen LogP contribution in [0.2, 0.25) is 0 Å². The van der Waals surface area contributed by atoms with Gasteiger partial charge >= 0.3 is 0 Å². The number of anilines is 1. The number of aromatic nitrogens is 2. The number of H-pyrrole nitrogens is 1. The molecule has 2 aromatic heterocycles. The number of imidazole rings is 1. The molecule has 2 aromatic rings. The zero-order chi connectivity index (χ0) is 10.3. The Labute approximate surface area is 92.3 Å². The Bertz CT molecular complexity index is 467. The summed E-state index contributed by atoms with van der Waals surface area (Å²) in [6.45, 7) is 6.32. The molecule has 1 aliphatic rings. The normalized spacial score (nSPS) is 17.5. The van der Waals surface area contributed by atoms with Crippen LogP contribution in [0.1, 0.15) is 5.82 Å². The Balaban J connectivity index is 2.01. The number of rotatable bonds is 1. The Kier molecular flexibility index (Phi) is 2.14. The van der Waals surface area contributed by atoms with Crippen molar-refractivity contribution in [1.29, 1.82) is 0 Å². The molecule has 3 heterocycles. The van der Waals surface area contributed by atoms with Gasteiger partial charge < -0.3 is 15.2 Å². The van der Waals surface area contributed by atoms with E-state index >= 15 is 0 Å². The monoisotopic (exact) mass is 222 g/mol. The van der Waals surface area contributed by atoms with Crippen molar-refractivity contribution >= 4 is 27.4 Å². The molecule has 0 spiro atoms. The van der Waals surface area contributed by atoms with Crippen LogP contribution in [-0.2, 0) is 0 Å². The number of nitrogens with one attached hydrogen (secondary N) is 2. The topological polar surface area (TPSA) is 44.0 Å². The van der Waals surface area contributed by atoms with Gasteiger partial charge in [-0.2, -0.15) is 0 Å². The summed E-state index contributed by atoms with van der Waals surface area (Å²) in [5, 5.41) is 6.84. The van der Waals surface area contributed by atoms with Crippen molar-refractivity contribution in [2.75, 3.05) is 31.1 Å². The summed E-state index contributed by atoms with van der Waals surface area (Å²) in [6.07, 6.45) is 0. The molecule has 4 nitrogen and oxygen atoms in total. The lowest BCUT2D eigenvalue weighted by Crippen LogP contribution is -2.43. The van der Waals surface area contributed by atoms with Crippen LogP contribution in [0.15, 0.2) is 5.38 Å². The smallest absolute Gasteiger partial charge is 0.123 e. The van der Waals surface area contributed by atoms with Crippen molar-refractivity contribution in [3.8, 4) is 0 Å². The first-order chi connectivity index (χ1) is 7.34. The highest BCUT2D eigenvalue weighted by Gasteiger charge is 2.16. The van der Waals surface area contributed by atoms with E-state index in [1.54, 1.807) is 11.3 Å². The van der Waals surface area contributed by atoms with E-state index in [2.05, 4.69) is 25.6 Å². The molecule has 80 valence electrons. The van der Waals surface area contributed by atoms with Crippen LogP contribution in [0.4, 0.5) is 5.00 Å². The third-order valence-corrected chi connectivity index (χ3v) is 3.77. The summed E-state index contributed by atoms with van der Waals surface area (Å²) >= 11 is 1.79. The van der Waals surface area contributed by atoms with E-state index in [1.165, 1.54) is 10.5 Å². The number of aromatic amines is 1. The zero-order valence-electron chi connectivity index (χ0n) is 8.71. The molecule has 3 rings (SSSR count). The highest BCUT2D eigenvalue weighted by atomic mass is 32.1. The second-order valence-electron chi connectivity index (χ2n) is 3.86. The van der Waals surface area contributed by atoms with Crippen molar-refractivity contribution in [2.24, 2.45) is 0 Å². The minimum absolute atomic E-state index is 1.00. The molecule has 1 fully saturated rings. The third kappa shape index (κ3) is 1.52. The van der Waals surface area contributed by atoms with E-state index in [-0.39, 0.29) is 0 Å². The number of hydrogen-bond acceptors (Lipinski definition) is 4. The molecule has 5 heteroatoms. The molecule has 0 bridgehead atoms. The van der Waals surface area contributed by atoms with Gasteiger partial charge in [0.05, 0.1) is 5.52 Å². The van der Waals surface area contributed by atoms with Crippen LogP contribution >= 0.6 is 11.3 Å². The van der Waals surface area contributed by atoms with E-state index in [0.29, 0.717) is 0 Å². The SMILES string of the molecule is Cc1nc2c(N3CCNCC3)scc2[nH]1. The average Bonchev–Trinajstić information content (AvgIpc) is 2.77. The molecule has 0 saturated carbocycles. The van der Waals surface area contributed by atoms with Crippen LogP contribution in [0.3, 0.4) is 0 Å². The van der Waals surface area contributed by atoms with Gasteiger partial charge in [0.15, 0.2) is 0 Å². The summed E-state index contributed by atoms with van der Waals surface area (Å²) in [4.78, 5) is 10.2. The second kappa shape index (κ2) is 3.50. The van der Waals surface area contributed by atoms with Gasteiger partial charge in [-0.25, -0.2) is 4.98 Å². The Morgan fingerprint density at radius 3 is 3.00 bits per heavy atom. The van der Waals surface area contributed by atoms with Crippen LogP contribution in [0.25, 0.3) is 11.0 Å². The Morgan fingerprint density at radius 1 is 1.40 bits per heavy atom. The van der Waals surface area contributed by atoms with E-state index in [9.17, 15) is 0 Å². The molecule has 0 aromatic carbocycles. The van der Waals surface area contributed by atoms with Gasteiger partial charge in [-0.05, 0) is 6.92 Å². The lowest BCUT2D eigenvalue weighted by molar-refractivity contribution is 0.592. The summed E-state index contributed by atoms with van der Waals surface area (Å²) in [7, 11) is 0. The highest BCUT2D eigenvalue weighted by Crippen LogP contribution is 2.32. The number of hydrogen-bond donors (Lipinski definition) is 2. The minimum atomic E-state index is 1.00. The van der Waals surface area contributed by atoms with Gasteiger partial charge in [0.2, 0.25) is 0 Å². The molecular weight excluding hydrogens is 208 g/mol. The van der Waals surface area contributed by atoms with E-state index in [1.807, 2.05) is 6.92 Å². The number of fused-ring (bicyclic) bond motifs is 1. The fourth-order valence-electron chi connectivity index (χ4n) is 2.02. The standard InChI is InChI=1S/C10H14N4S/c1-7-12-8-6-15-10(9(8)13-7)14-4-2-11-3-5-14/h6,11H,2-5H2,1H3,(H,12,13). The molecule has 0 radical (unpaired) electrons. The quantitative estimate of drug-likeness (QED) is 0.765. The van der Waals surface area contributed by atoms with Crippen molar-refractivity contribution in [3.63, 3.8) is 0 Å². The van der Waals surface area contributed by atoms with Gasteiger partial charge in [0.25, 0.3) is 0 Å². The van der Waals surface area contributed by atoms with Crippen LogP contribution in [0, 0.1) is 6.92 Å². The van der Waals surface area contributed by atoms with Gasteiger partial charge in [-0.3, -0.25) is 0 Å². The predicted molar refractivity (Wildman–Crippen MR) is 63.8 cm³/mol. The van der Waals surface area contributed by atoms with Crippen LogP contribution < -0.4 is 10.2 Å². The molecule has 0 aliphatic carbocycles. The third-order valence-electron chi connectivity index (χ3n) is 2.75. The van der Waals surface area contributed by atoms with Gasteiger partial charge in [-0.15, -0.1) is 11.3 Å². The Morgan fingerprint density at radius 2 is 2.20 bits per heavy atom. The number of thiophene rings is 1. The van der Waals surface area contributed by atoms with Crippen molar-refractivity contribution in [1.82, 2.24) is 15.3 Å². The number of piperazine rings is 1. The number of nitrogens with zero attached hydrogens (tertiary/aromatic N) is 2. The van der Waals surface area contributed by atoms with E-state index in [4.69, 9.17) is 0 Å². The van der Waals surface area contributed by atoms with Crippen molar-refractivity contribution < 1.29 is 0 Å². The molecular formula is C10H14N4S. The maximum atomic E-state index is 4.54. The zero-order valence-corrected chi connectivity index (χ0v) is 9.52. The summed E-state index contributed by atoms with van der Waals surface area (Å²) in [6, 6.07) is 0. The summed E-state index contributed by atoms with van der Waals surface area (Å²) in [5.41, 5.74) is 2.31. The fourth-order valence-corrected chi connectivity index (χ4v) is 3.02. The number of aryl methyl sites for hydroxylation is 1. The maximum Gasteiger partial charge on any atom is 0.123 e. The first-order valence-corrected chi connectivity index (χ1v) is 6.12. The molecule has 0 amide bonds. The van der Waals surface area contributed by atoms with E-state index in [0.717, 1.165) is 37.5 Å². The lowest BCUT2D eigenvalue weighted by Gasteiger charge is -2.27. The van der Waals surface area contributed by atoms with Gasteiger partial charge in [-0.1, -0.05) is 0 Å².